The first-order valence-electron chi connectivity index (χ1n) is 17.9. The van der Waals surface area contributed by atoms with E-state index in [0.717, 1.165) is 41.6 Å². The van der Waals surface area contributed by atoms with Crippen LogP contribution in [0.5, 0.6) is 0 Å². The summed E-state index contributed by atoms with van der Waals surface area (Å²) >= 11 is 0. The monoisotopic (exact) mass is 646 g/mol. The first-order chi connectivity index (χ1) is 23.2. The topological polar surface area (TPSA) is 20.2 Å². The van der Waals surface area contributed by atoms with E-state index in [-0.39, 0.29) is 10.8 Å². The number of unbranched alkanes of at least 4 members (excludes halogenated alkanes) is 1. The number of aryl methyl sites for hydroxylation is 1. The van der Waals surface area contributed by atoms with Gasteiger partial charge in [0.2, 0.25) is 0 Å². The molecule has 0 saturated carbocycles. The molecular formula is C48H54O. The van der Waals surface area contributed by atoms with E-state index >= 15 is 0 Å². The quantitative estimate of drug-likeness (QED) is 0.149. The molecule has 1 aliphatic rings. The Labute approximate surface area is 295 Å². The molecule has 49 heavy (non-hydrogen) atoms. The SMILES string of the molecule is C=C(/C=C1\C(=C)c2ccc(-c3cccc4cc(C(C)(C)C)cc5ccc(cc3)c(C)c45)cc2C1(C)C)C(/C=C(CC)\C(O)=C\CCC)=C/C. The lowest BCUT2D eigenvalue weighted by molar-refractivity contribution is 0.417. The van der Waals surface area contributed by atoms with Crippen molar-refractivity contribution in [2.45, 2.75) is 92.4 Å². The van der Waals surface area contributed by atoms with Crippen LogP contribution in [0.3, 0.4) is 0 Å². The van der Waals surface area contributed by atoms with E-state index in [9.17, 15) is 5.11 Å². The molecule has 1 aliphatic carbocycles. The van der Waals surface area contributed by atoms with Crippen LogP contribution < -0.4 is 0 Å². The summed E-state index contributed by atoms with van der Waals surface area (Å²) in [5, 5.41) is 15.8. The van der Waals surface area contributed by atoms with Gasteiger partial charge in [-0.1, -0.05) is 147 Å². The second-order valence-electron chi connectivity index (χ2n) is 15.1. The highest BCUT2D eigenvalue weighted by Gasteiger charge is 2.37. The summed E-state index contributed by atoms with van der Waals surface area (Å²) in [6.45, 7) is 28.9. The van der Waals surface area contributed by atoms with E-state index in [4.69, 9.17) is 0 Å². The number of fused-ring (bicyclic) bond motifs is 2. The highest BCUT2D eigenvalue weighted by atomic mass is 16.3. The number of rotatable bonds is 8. The van der Waals surface area contributed by atoms with Crippen LogP contribution in [0.1, 0.15) is 96.9 Å². The summed E-state index contributed by atoms with van der Waals surface area (Å²) in [4.78, 5) is 0. The summed E-state index contributed by atoms with van der Waals surface area (Å²) in [5.41, 5.74) is 12.3. The third kappa shape index (κ3) is 7.09. The van der Waals surface area contributed by atoms with Gasteiger partial charge in [-0.15, -0.1) is 0 Å². The summed E-state index contributed by atoms with van der Waals surface area (Å²) in [7, 11) is 0. The van der Waals surface area contributed by atoms with Crippen molar-refractivity contribution in [2.24, 2.45) is 0 Å². The molecule has 0 atom stereocenters. The first-order valence-corrected chi connectivity index (χ1v) is 17.9. The van der Waals surface area contributed by atoms with Gasteiger partial charge in [0, 0.05) is 5.41 Å². The molecule has 5 rings (SSSR count). The zero-order chi connectivity index (χ0) is 35.7. The van der Waals surface area contributed by atoms with Crippen LogP contribution in [0.25, 0.3) is 38.2 Å². The van der Waals surface area contributed by atoms with Crippen molar-refractivity contribution in [2.75, 3.05) is 0 Å². The Kier molecular flexibility index (Phi) is 10.3. The molecular weight excluding hydrogens is 593 g/mol. The Balaban J connectivity index is 1.56. The second-order valence-corrected chi connectivity index (χ2v) is 15.1. The highest BCUT2D eigenvalue weighted by Crippen LogP contribution is 2.50. The van der Waals surface area contributed by atoms with Gasteiger partial charge in [0.15, 0.2) is 0 Å². The highest BCUT2D eigenvalue weighted by molar-refractivity contribution is 6.04. The maximum atomic E-state index is 10.7. The van der Waals surface area contributed by atoms with Crippen LogP contribution >= 0.6 is 0 Å². The molecule has 0 heterocycles. The molecule has 1 heteroatoms. The number of aliphatic hydroxyl groups excluding tert-OH is 1. The van der Waals surface area contributed by atoms with E-state index < -0.39 is 0 Å². The molecule has 0 saturated heterocycles. The van der Waals surface area contributed by atoms with Crippen molar-refractivity contribution < 1.29 is 5.11 Å². The van der Waals surface area contributed by atoms with Crippen molar-refractivity contribution in [1.29, 1.82) is 0 Å². The Hall–Kier alpha value is -4.62. The van der Waals surface area contributed by atoms with E-state index in [0.29, 0.717) is 5.76 Å². The largest absolute Gasteiger partial charge is 0.508 e. The number of allylic oxidation sites excluding steroid dienone is 9. The summed E-state index contributed by atoms with van der Waals surface area (Å²) in [6.07, 6.45) is 10.9. The normalized spacial score (nSPS) is 16.1. The fourth-order valence-corrected chi connectivity index (χ4v) is 7.14. The van der Waals surface area contributed by atoms with Gasteiger partial charge in [-0.3, -0.25) is 0 Å². The maximum Gasteiger partial charge on any atom is 0.114 e. The van der Waals surface area contributed by atoms with Gasteiger partial charge >= 0.3 is 0 Å². The molecule has 252 valence electrons. The molecule has 0 spiro atoms. The molecule has 0 radical (unpaired) electrons. The molecule has 0 fully saturated rings. The summed E-state index contributed by atoms with van der Waals surface area (Å²) in [6, 6.07) is 27.3. The zero-order valence-corrected chi connectivity index (χ0v) is 31.2. The van der Waals surface area contributed by atoms with E-state index in [1.165, 1.54) is 60.5 Å². The summed E-state index contributed by atoms with van der Waals surface area (Å²) in [5.74, 6) is 0.364. The van der Waals surface area contributed by atoms with E-state index in [1.807, 2.05) is 13.0 Å². The molecule has 0 aromatic heterocycles. The Morgan fingerprint density at radius 1 is 0.878 bits per heavy atom. The van der Waals surface area contributed by atoms with Crippen LogP contribution in [-0.2, 0) is 10.8 Å². The lowest BCUT2D eigenvalue weighted by Gasteiger charge is -2.23. The van der Waals surface area contributed by atoms with Gasteiger partial charge in [-0.25, -0.2) is 0 Å². The van der Waals surface area contributed by atoms with E-state index in [2.05, 4.69) is 160 Å². The van der Waals surface area contributed by atoms with Crippen LogP contribution in [0.15, 0.2) is 138 Å². The lowest BCUT2D eigenvalue weighted by Crippen LogP contribution is -2.15. The predicted molar refractivity (Wildman–Crippen MR) is 216 cm³/mol. The Bertz CT molecular complexity index is 2110. The maximum absolute atomic E-state index is 10.7. The number of hydrogen-bond donors (Lipinski definition) is 1. The minimum atomic E-state index is -0.259. The fraction of sp³-hybridized carbons (Fsp3) is 0.292. The average Bonchev–Trinajstić information content (AvgIpc) is 3.25. The predicted octanol–water partition coefficient (Wildman–Crippen LogP) is 14.1. The molecule has 1 nitrogen and oxygen atoms in total. The van der Waals surface area contributed by atoms with Gasteiger partial charge in [-0.05, 0) is 133 Å². The third-order valence-electron chi connectivity index (χ3n) is 10.3. The standard InChI is InChI=1S/C48H54O/c1-12-15-19-45(49)35(14-3)27-34(13-2)31(4)26-43-33(6)42-25-24-38(30-44(42)48(43,10)11)37-17-16-18-39-28-41(47(7,8)9)29-40-23-21-36(20-22-37)32(5)46(39)40/h13,16-30,49H,4,6,12,14-15H2,1-3,5,7-11H3/b17-16?,18-16?,22-20?,34-13+,35-27-,36-20?,37-17?,37-22?,39-18?,43-26+,45-19-. The second kappa shape index (κ2) is 14.1. The number of aliphatic hydroxyl groups is 1. The van der Waals surface area contributed by atoms with Crippen molar-refractivity contribution in [1.82, 2.24) is 0 Å². The summed E-state index contributed by atoms with van der Waals surface area (Å²) < 4.78 is 0. The van der Waals surface area contributed by atoms with Crippen molar-refractivity contribution in [3.63, 3.8) is 0 Å². The molecule has 0 unspecified atom stereocenters. The van der Waals surface area contributed by atoms with E-state index in [1.54, 1.807) is 0 Å². The van der Waals surface area contributed by atoms with Gasteiger partial charge in [0.1, 0.15) is 5.76 Å². The average molecular weight is 647 g/mol. The van der Waals surface area contributed by atoms with Crippen LogP contribution in [0.2, 0.25) is 0 Å². The third-order valence-corrected chi connectivity index (χ3v) is 10.3. The number of benzene rings is 3. The first kappa shape index (κ1) is 35.7. The van der Waals surface area contributed by atoms with Crippen molar-refractivity contribution in [3.8, 4) is 11.1 Å². The lowest BCUT2D eigenvalue weighted by atomic mass is 9.80. The van der Waals surface area contributed by atoms with Gasteiger partial charge in [-0.2, -0.15) is 0 Å². The van der Waals surface area contributed by atoms with Gasteiger partial charge in [0.05, 0.1) is 0 Å². The van der Waals surface area contributed by atoms with Crippen LogP contribution in [-0.4, -0.2) is 5.11 Å². The Morgan fingerprint density at radius 2 is 1.53 bits per heavy atom. The fourth-order valence-electron chi connectivity index (χ4n) is 7.14. The molecule has 4 aromatic rings. The minimum absolute atomic E-state index is 0.0698. The molecule has 4 aromatic carbocycles. The van der Waals surface area contributed by atoms with Gasteiger partial charge < -0.3 is 5.11 Å². The van der Waals surface area contributed by atoms with Crippen LogP contribution in [0, 0.1) is 6.92 Å². The van der Waals surface area contributed by atoms with Gasteiger partial charge in [0.25, 0.3) is 0 Å². The zero-order valence-electron chi connectivity index (χ0n) is 31.2. The van der Waals surface area contributed by atoms with Crippen molar-refractivity contribution in [3.05, 3.63) is 161 Å². The number of hydrogen-bond acceptors (Lipinski definition) is 1. The molecule has 1 N–H and O–H groups in total. The van der Waals surface area contributed by atoms with Crippen molar-refractivity contribution >= 4 is 27.1 Å². The molecule has 0 amide bonds. The van der Waals surface area contributed by atoms with Crippen LogP contribution in [0.4, 0.5) is 0 Å². The molecule has 2 bridgehead atoms. The smallest absolute Gasteiger partial charge is 0.114 e. The Morgan fingerprint density at radius 3 is 2.18 bits per heavy atom. The minimum Gasteiger partial charge on any atom is -0.508 e. The molecule has 0 aliphatic heterocycles.